The van der Waals surface area contributed by atoms with Crippen LogP contribution in [0.2, 0.25) is 0 Å². The van der Waals surface area contributed by atoms with E-state index in [-0.39, 0.29) is 11.9 Å². The van der Waals surface area contributed by atoms with Crippen molar-refractivity contribution < 1.29 is 4.79 Å². The number of aryl methyl sites for hydroxylation is 1. The third-order valence-corrected chi connectivity index (χ3v) is 4.39. The first-order valence-electron chi connectivity index (χ1n) is 8.24. The van der Waals surface area contributed by atoms with Crippen LogP contribution in [0.25, 0.3) is 0 Å². The zero-order valence-corrected chi connectivity index (χ0v) is 14.2. The van der Waals surface area contributed by atoms with Gasteiger partial charge >= 0.3 is 0 Å². The molecule has 1 aliphatic rings. The van der Waals surface area contributed by atoms with Gasteiger partial charge in [-0.2, -0.15) is 5.10 Å². The summed E-state index contributed by atoms with van der Waals surface area (Å²) >= 11 is 0. The van der Waals surface area contributed by atoms with Gasteiger partial charge in [-0.25, -0.2) is 0 Å². The summed E-state index contributed by atoms with van der Waals surface area (Å²) in [4.78, 5) is 21.4. The number of aromatic nitrogens is 3. The maximum atomic E-state index is 12.8. The molecule has 1 N–H and O–H groups in total. The van der Waals surface area contributed by atoms with E-state index in [9.17, 15) is 4.79 Å². The molecule has 2 aromatic heterocycles. The van der Waals surface area contributed by atoms with E-state index in [0.717, 1.165) is 44.0 Å². The van der Waals surface area contributed by atoms with Gasteiger partial charge in [0.25, 0.3) is 0 Å². The Labute approximate surface area is 142 Å². The van der Waals surface area contributed by atoms with Crippen LogP contribution in [-0.4, -0.2) is 63.7 Å². The summed E-state index contributed by atoms with van der Waals surface area (Å²) in [5.74, 6) is 0.114. The van der Waals surface area contributed by atoms with Crippen molar-refractivity contribution in [2.75, 3.05) is 33.2 Å². The second-order valence-electron chi connectivity index (χ2n) is 6.09. The number of hydrogen-bond donors (Lipinski definition) is 1. The molecule has 3 heterocycles. The Hall–Kier alpha value is -2.25. The minimum atomic E-state index is -0.332. The summed E-state index contributed by atoms with van der Waals surface area (Å²) in [5.41, 5.74) is 1.97. The Morgan fingerprint density at radius 2 is 2.08 bits per heavy atom. The minimum absolute atomic E-state index is 0.114. The average molecular weight is 328 g/mol. The molecule has 7 heteroatoms. The Morgan fingerprint density at radius 1 is 1.29 bits per heavy atom. The maximum absolute atomic E-state index is 12.8. The van der Waals surface area contributed by atoms with Gasteiger partial charge in [-0.3, -0.25) is 19.4 Å². The van der Waals surface area contributed by atoms with Crippen LogP contribution in [0, 0.1) is 0 Å². The van der Waals surface area contributed by atoms with Crippen molar-refractivity contribution in [2.24, 2.45) is 7.05 Å². The average Bonchev–Trinajstić information content (AvgIpc) is 3.03. The zero-order valence-electron chi connectivity index (χ0n) is 14.2. The lowest BCUT2D eigenvalue weighted by atomic mass is 10.1. The summed E-state index contributed by atoms with van der Waals surface area (Å²) < 4.78 is 1.72. The van der Waals surface area contributed by atoms with Crippen molar-refractivity contribution in [3.05, 3.63) is 48.0 Å². The van der Waals surface area contributed by atoms with Crippen LogP contribution in [0.1, 0.15) is 17.3 Å². The molecule has 128 valence electrons. The molecule has 1 atom stereocenters. The van der Waals surface area contributed by atoms with Crippen LogP contribution >= 0.6 is 0 Å². The van der Waals surface area contributed by atoms with E-state index < -0.39 is 0 Å². The van der Waals surface area contributed by atoms with E-state index in [0.29, 0.717) is 0 Å². The SMILES string of the molecule is CNC(C(=O)N1CCN(Cc2ccccn2)CC1)c1cnn(C)c1. The maximum Gasteiger partial charge on any atom is 0.244 e. The van der Waals surface area contributed by atoms with Crippen molar-refractivity contribution in [3.63, 3.8) is 0 Å². The second kappa shape index (κ2) is 7.55. The van der Waals surface area contributed by atoms with Gasteiger partial charge in [-0.15, -0.1) is 0 Å². The predicted octanol–water partition coefficient (Wildman–Crippen LogP) is 0.420. The molecule has 3 rings (SSSR count). The fraction of sp³-hybridized carbons (Fsp3) is 0.471. The lowest BCUT2D eigenvalue weighted by Crippen LogP contribution is -2.51. The van der Waals surface area contributed by atoms with E-state index in [1.165, 1.54) is 0 Å². The molecule has 1 saturated heterocycles. The summed E-state index contributed by atoms with van der Waals surface area (Å²) in [6.45, 7) is 4.05. The Balaban J connectivity index is 1.56. The highest BCUT2D eigenvalue weighted by atomic mass is 16.2. The number of piperazine rings is 1. The highest BCUT2D eigenvalue weighted by Gasteiger charge is 2.28. The number of nitrogens with zero attached hydrogens (tertiary/aromatic N) is 5. The number of nitrogens with one attached hydrogen (secondary N) is 1. The molecule has 1 fully saturated rings. The van der Waals surface area contributed by atoms with Crippen LogP contribution < -0.4 is 5.32 Å². The molecule has 24 heavy (non-hydrogen) atoms. The standard InChI is InChI=1S/C17H24N6O/c1-18-16(14-11-20-21(2)12-14)17(24)23-9-7-22(8-10-23)13-15-5-3-4-6-19-15/h3-6,11-12,16,18H,7-10,13H2,1-2H3. The first-order valence-corrected chi connectivity index (χ1v) is 8.24. The zero-order chi connectivity index (χ0) is 16.9. The minimum Gasteiger partial charge on any atom is -0.338 e. The van der Waals surface area contributed by atoms with Gasteiger partial charge in [0.15, 0.2) is 0 Å². The van der Waals surface area contributed by atoms with Crippen LogP contribution in [0.5, 0.6) is 0 Å². The molecule has 0 aliphatic carbocycles. The number of likely N-dealkylation sites (N-methyl/N-ethyl adjacent to an activating group) is 1. The smallest absolute Gasteiger partial charge is 0.244 e. The molecule has 7 nitrogen and oxygen atoms in total. The van der Waals surface area contributed by atoms with Gasteiger partial charge in [0.05, 0.1) is 11.9 Å². The molecule has 1 aliphatic heterocycles. The van der Waals surface area contributed by atoms with Crippen LogP contribution in [-0.2, 0) is 18.4 Å². The summed E-state index contributed by atoms with van der Waals surface area (Å²) in [7, 11) is 3.67. The topological polar surface area (TPSA) is 66.3 Å². The van der Waals surface area contributed by atoms with E-state index in [4.69, 9.17) is 0 Å². The quantitative estimate of drug-likeness (QED) is 0.862. The number of carbonyl (C=O) groups is 1. The predicted molar refractivity (Wildman–Crippen MR) is 91.1 cm³/mol. The molecule has 0 aromatic carbocycles. The lowest BCUT2D eigenvalue weighted by molar-refractivity contribution is -0.135. The van der Waals surface area contributed by atoms with E-state index >= 15 is 0 Å². The Morgan fingerprint density at radius 3 is 2.67 bits per heavy atom. The molecule has 1 unspecified atom stereocenters. The first kappa shape index (κ1) is 16.6. The largest absolute Gasteiger partial charge is 0.338 e. The molecular weight excluding hydrogens is 304 g/mol. The molecular formula is C17H24N6O. The van der Waals surface area contributed by atoms with Crippen molar-refractivity contribution in [3.8, 4) is 0 Å². The highest BCUT2D eigenvalue weighted by Crippen LogP contribution is 2.16. The summed E-state index contributed by atoms with van der Waals surface area (Å²) in [6, 6.07) is 5.64. The van der Waals surface area contributed by atoms with Crippen LogP contribution in [0.15, 0.2) is 36.8 Å². The van der Waals surface area contributed by atoms with Gasteiger partial charge in [0.1, 0.15) is 6.04 Å². The van der Waals surface area contributed by atoms with E-state index in [2.05, 4.69) is 20.3 Å². The monoisotopic (exact) mass is 328 g/mol. The number of pyridine rings is 1. The van der Waals surface area contributed by atoms with Gasteiger partial charge in [-0.1, -0.05) is 6.07 Å². The third-order valence-electron chi connectivity index (χ3n) is 4.39. The molecule has 2 aromatic rings. The van der Waals surface area contributed by atoms with Crippen molar-refractivity contribution in [1.29, 1.82) is 0 Å². The number of hydrogen-bond acceptors (Lipinski definition) is 5. The van der Waals surface area contributed by atoms with E-state index in [1.807, 2.05) is 49.6 Å². The van der Waals surface area contributed by atoms with E-state index in [1.54, 1.807) is 10.9 Å². The number of rotatable bonds is 5. The molecule has 1 amide bonds. The fourth-order valence-corrected chi connectivity index (χ4v) is 3.05. The summed E-state index contributed by atoms with van der Waals surface area (Å²) in [6.07, 6.45) is 5.45. The fourth-order valence-electron chi connectivity index (χ4n) is 3.05. The van der Waals surface area contributed by atoms with Crippen molar-refractivity contribution >= 4 is 5.91 Å². The molecule has 0 bridgehead atoms. The Kier molecular flexibility index (Phi) is 5.22. The van der Waals surface area contributed by atoms with Gasteiger partial charge < -0.3 is 10.2 Å². The third kappa shape index (κ3) is 3.80. The van der Waals surface area contributed by atoms with Crippen LogP contribution in [0.3, 0.4) is 0 Å². The van der Waals surface area contributed by atoms with Gasteiger partial charge in [0, 0.05) is 57.7 Å². The number of carbonyl (C=O) groups excluding carboxylic acids is 1. The van der Waals surface area contributed by atoms with Gasteiger partial charge in [-0.05, 0) is 19.2 Å². The molecule has 0 spiro atoms. The molecule has 0 radical (unpaired) electrons. The lowest BCUT2D eigenvalue weighted by Gasteiger charge is -2.36. The van der Waals surface area contributed by atoms with Crippen LogP contribution in [0.4, 0.5) is 0 Å². The normalized spacial score (nSPS) is 17.0. The number of amides is 1. The highest BCUT2D eigenvalue weighted by molar-refractivity contribution is 5.83. The van der Waals surface area contributed by atoms with Crippen molar-refractivity contribution in [1.82, 2.24) is 29.9 Å². The Bertz CT molecular complexity index is 663. The van der Waals surface area contributed by atoms with Crippen molar-refractivity contribution in [2.45, 2.75) is 12.6 Å². The van der Waals surface area contributed by atoms with Gasteiger partial charge in [0.2, 0.25) is 5.91 Å². The second-order valence-corrected chi connectivity index (χ2v) is 6.09. The first-order chi connectivity index (χ1) is 11.7. The summed E-state index contributed by atoms with van der Waals surface area (Å²) in [5, 5.41) is 7.27. The molecule has 0 saturated carbocycles.